The van der Waals surface area contributed by atoms with Gasteiger partial charge in [-0.15, -0.1) is 23.2 Å². The Hall–Kier alpha value is -5.09. The lowest BCUT2D eigenvalue weighted by Gasteiger charge is -2.50. The number of phenols is 1. The maximum atomic E-state index is 15.2. The van der Waals surface area contributed by atoms with Crippen LogP contribution in [-0.2, 0) is 19.2 Å². The molecule has 4 amide bonds. The highest BCUT2D eigenvalue weighted by Crippen LogP contribution is 2.67. The molecule has 0 bridgehead atoms. The Morgan fingerprint density at radius 2 is 1.54 bits per heavy atom. The van der Waals surface area contributed by atoms with Crippen LogP contribution >= 0.6 is 23.2 Å². The second-order valence-electron chi connectivity index (χ2n) is 12.6. The molecule has 0 spiro atoms. The smallest absolute Gasteiger partial charge is 0.271 e. The van der Waals surface area contributed by atoms with E-state index in [0.717, 1.165) is 17.0 Å². The number of nitrogens with zero attached hydrogens (tertiary/aromatic N) is 3. The summed E-state index contributed by atoms with van der Waals surface area (Å²) in [4.78, 5) is 62.3. The van der Waals surface area contributed by atoms with Crippen molar-refractivity contribution in [3.8, 4) is 11.5 Å². The van der Waals surface area contributed by atoms with Gasteiger partial charge in [-0.25, -0.2) is 31.8 Å². The number of carbonyl (C=O) groups excluding carboxylic acids is 4. The Morgan fingerprint density at radius 1 is 0.904 bits per heavy atom. The molecule has 6 atom stereocenters. The zero-order valence-electron chi connectivity index (χ0n) is 26.3. The third-order valence-corrected chi connectivity index (χ3v) is 11.6. The van der Waals surface area contributed by atoms with Gasteiger partial charge in [0.15, 0.2) is 44.5 Å². The van der Waals surface area contributed by atoms with Crippen LogP contribution in [0, 0.1) is 57.0 Å². The number of benzene rings is 3. The van der Waals surface area contributed by atoms with E-state index >= 15 is 8.78 Å². The Balaban J connectivity index is 1.44. The number of rotatable bonds is 6. The average molecular weight is 766 g/mol. The summed E-state index contributed by atoms with van der Waals surface area (Å²) in [6, 6.07) is 8.71. The van der Waals surface area contributed by atoms with Crippen molar-refractivity contribution < 1.29 is 55.9 Å². The highest BCUT2D eigenvalue weighted by atomic mass is 35.5. The molecule has 2 heterocycles. The molecule has 4 aliphatic rings. The van der Waals surface area contributed by atoms with Crippen LogP contribution in [0.4, 0.5) is 39.0 Å². The Bertz CT molecular complexity index is 2180. The molecular formula is C34H22Cl2F5N3O8. The summed E-state index contributed by atoms with van der Waals surface area (Å²) in [5.74, 6) is -23.8. The van der Waals surface area contributed by atoms with E-state index in [9.17, 15) is 47.6 Å². The Morgan fingerprint density at radius 3 is 2.17 bits per heavy atom. The first kappa shape index (κ1) is 35.3. The van der Waals surface area contributed by atoms with Gasteiger partial charge in [0.2, 0.25) is 17.6 Å². The van der Waals surface area contributed by atoms with Gasteiger partial charge < -0.3 is 9.84 Å². The zero-order chi connectivity index (χ0) is 37.8. The topological polar surface area (TPSA) is 147 Å². The number of nitro groups is 1. The Kier molecular flexibility index (Phi) is 8.14. The predicted molar refractivity (Wildman–Crippen MR) is 171 cm³/mol. The van der Waals surface area contributed by atoms with E-state index in [2.05, 4.69) is 0 Å². The van der Waals surface area contributed by atoms with Gasteiger partial charge >= 0.3 is 0 Å². The van der Waals surface area contributed by atoms with Gasteiger partial charge in [0.1, 0.15) is 5.69 Å². The largest absolute Gasteiger partial charge is 0.504 e. The first-order chi connectivity index (χ1) is 24.5. The van der Waals surface area contributed by atoms with Gasteiger partial charge in [0, 0.05) is 23.6 Å². The molecule has 0 radical (unpaired) electrons. The van der Waals surface area contributed by atoms with E-state index < -0.39 is 115 Å². The first-order valence-corrected chi connectivity index (χ1v) is 16.3. The minimum atomic E-state index is -2.85. The van der Waals surface area contributed by atoms with Crippen molar-refractivity contribution in [2.75, 3.05) is 16.4 Å². The quantitative estimate of drug-likeness (QED) is 0.0459. The highest BCUT2D eigenvalue weighted by Gasteiger charge is 2.77. The van der Waals surface area contributed by atoms with E-state index in [4.69, 9.17) is 27.9 Å². The number of non-ortho nitro benzene ring substituents is 1. The van der Waals surface area contributed by atoms with Crippen LogP contribution in [0.25, 0.3) is 0 Å². The number of ether oxygens (including phenoxy) is 1. The van der Waals surface area contributed by atoms with Crippen molar-refractivity contribution in [3.63, 3.8) is 0 Å². The molecule has 1 saturated carbocycles. The molecule has 0 aromatic heterocycles. The molecule has 3 aromatic rings. The summed E-state index contributed by atoms with van der Waals surface area (Å²) < 4.78 is 78.9. The molecule has 0 unspecified atom stereocenters. The number of anilines is 2. The summed E-state index contributed by atoms with van der Waals surface area (Å²) in [5, 5.41) is 22.9. The van der Waals surface area contributed by atoms with E-state index in [1.54, 1.807) is 6.92 Å². The maximum absolute atomic E-state index is 15.2. The fraction of sp³-hybridized carbons (Fsp3) is 0.294. The van der Waals surface area contributed by atoms with Crippen molar-refractivity contribution in [1.29, 1.82) is 0 Å². The van der Waals surface area contributed by atoms with Gasteiger partial charge in [-0.05, 0) is 37.8 Å². The zero-order valence-corrected chi connectivity index (χ0v) is 27.9. The van der Waals surface area contributed by atoms with E-state index in [0.29, 0.717) is 0 Å². The molecular weight excluding hydrogens is 744 g/mol. The number of imide groups is 2. The third-order valence-electron chi connectivity index (χ3n) is 10.2. The van der Waals surface area contributed by atoms with Crippen LogP contribution in [0.1, 0.15) is 31.2 Å². The number of amides is 4. The molecule has 2 aliphatic carbocycles. The predicted octanol–water partition coefficient (Wildman–Crippen LogP) is 6.16. The fourth-order valence-electron chi connectivity index (χ4n) is 7.96. The normalized spacial score (nSPS) is 28.1. The standard InChI is InChI=1S/C34H22Cl2F5N3O8/c1-2-52-19-8-4-7-17(28(19)45)21-15-9-10-16-20(30(47)42(29(16)46)13-5-3-6-14(11-13)44(50)51)18(15)12-33(35)31(48)43(32(49)34(21,33)36)27-25(40)23(38)22(37)24(39)26(27)41/h3-9,11,16,18,20-21,45H,2,10,12H2,1H3/t16-,18+,20-,21+,33+,34-/m0/s1. The fourth-order valence-corrected chi connectivity index (χ4v) is 8.88. The lowest BCUT2D eigenvalue weighted by atomic mass is 9.56. The number of phenolic OH excluding ortho intramolecular Hbond substituents is 1. The molecule has 3 fully saturated rings. The van der Waals surface area contributed by atoms with Crippen molar-refractivity contribution >= 4 is 63.9 Å². The maximum Gasteiger partial charge on any atom is 0.271 e. The number of alkyl halides is 2. The number of hydrogen-bond donors (Lipinski definition) is 1. The van der Waals surface area contributed by atoms with Crippen LogP contribution in [0.5, 0.6) is 11.5 Å². The number of aromatic hydroxyl groups is 1. The summed E-state index contributed by atoms with van der Waals surface area (Å²) in [7, 11) is 0. The SMILES string of the molecule is CCOc1cccc([C@H]2C3=CC[C@@H]4C(=O)N(c5cccc([N+](=O)[O-])c5)C(=O)[C@@H]4[C@@H]3C[C@@]3(Cl)C(=O)N(c4c(F)c(F)c(F)c(F)c4F)C(=O)[C@@]23Cl)c1O. The minimum absolute atomic E-state index is 0.0394. The molecule has 1 N–H and O–H groups in total. The van der Waals surface area contributed by atoms with Crippen LogP contribution in [0.2, 0.25) is 0 Å². The van der Waals surface area contributed by atoms with Crippen LogP contribution in [0.3, 0.4) is 0 Å². The van der Waals surface area contributed by atoms with Gasteiger partial charge in [0.05, 0.1) is 29.1 Å². The van der Waals surface area contributed by atoms with Gasteiger partial charge in [-0.2, -0.15) is 0 Å². The molecule has 2 saturated heterocycles. The average Bonchev–Trinajstić information content (AvgIpc) is 3.46. The van der Waals surface area contributed by atoms with Gasteiger partial charge in [-0.3, -0.25) is 29.3 Å². The molecule has 3 aromatic carbocycles. The van der Waals surface area contributed by atoms with Crippen LogP contribution in [0.15, 0.2) is 54.1 Å². The second-order valence-corrected chi connectivity index (χ2v) is 13.9. The summed E-state index contributed by atoms with van der Waals surface area (Å²) >= 11 is 14.2. The van der Waals surface area contributed by atoms with Crippen LogP contribution in [-0.4, -0.2) is 50.0 Å². The first-order valence-electron chi connectivity index (χ1n) is 15.6. The molecule has 270 valence electrons. The van der Waals surface area contributed by atoms with Crippen molar-refractivity contribution in [1.82, 2.24) is 0 Å². The number of para-hydroxylation sites is 1. The van der Waals surface area contributed by atoms with Gasteiger partial charge in [0.25, 0.3) is 17.5 Å². The highest BCUT2D eigenvalue weighted by molar-refractivity contribution is 6.58. The minimum Gasteiger partial charge on any atom is -0.504 e. The molecule has 11 nitrogen and oxygen atoms in total. The molecule has 52 heavy (non-hydrogen) atoms. The van der Waals surface area contributed by atoms with Crippen molar-refractivity contribution in [2.45, 2.75) is 35.4 Å². The number of hydrogen-bond acceptors (Lipinski definition) is 8. The number of nitro benzene ring substituents is 1. The number of halogens is 7. The third kappa shape index (κ3) is 4.49. The van der Waals surface area contributed by atoms with E-state index in [1.165, 1.54) is 36.4 Å². The summed E-state index contributed by atoms with van der Waals surface area (Å²) in [6.07, 6.45) is 0.497. The Labute approximate surface area is 299 Å². The monoisotopic (exact) mass is 765 g/mol. The lowest BCUT2D eigenvalue weighted by molar-refractivity contribution is -0.384. The van der Waals surface area contributed by atoms with Crippen molar-refractivity contribution in [3.05, 3.63) is 98.9 Å². The van der Waals surface area contributed by atoms with Crippen molar-refractivity contribution in [2.24, 2.45) is 17.8 Å². The number of allylic oxidation sites excluding steroid dienone is 2. The van der Waals surface area contributed by atoms with Gasteiger partial charge in [-0.1, -0.05) is 29.8 Å². The molecule has 2 aliphatic heterocycles. The number of fused-ring (bicyclic) bond motifs is 4. The van der Waals surface area contributed by atoms with E-state index in [-0.39, 0.29) is 40.5 Å². The lowest BCUT2D eigenvalue weighted by Crippen LogP contribution is -2.60. The van der Waals surface area contributed by atoms with E-state index in [1.807, 2.05) is 0 Å². The molecule has 7 rings (SSSR count). The number of carbonyl (C=O) groups is 4. The second kappa shape index (κ2) is 12.0. The summed E-state index contributed by atoms with van der Waals surface area (Å²) in [6.45, 7) is 1.63. The molecule has 18 heteroatoms. The van der Waals surface area contributed by atoms with Crippen LogP contribution < -0.4 is 14.5 Å². The summed E-state index contributed by atoms with van der Waals surface area (Å²) in [5.41, 5.74) is -2.62.